The predicted molar refractivity (Wildman–Crippen MR) is 40.3 cm³/mol. The van der Waals surface area contributed by atoms with Crippen molar-refractivity contribution in [2.24, 2.45) is 0 Å². The van der Waals surface area contributed by atoms with E-state index in [9.17, 15) is 9.59 Å². The van der Waals surface area contributed by atoms with Crippen LogP contribution in [0.15, 0.2) is 0 Å². The van der Waals surface area contributed by atoms with Crippen molar-refractivity contribution in [2.45, 2.75) is 13.3 Å². The molecular weight excluding hydrogens is 146 g/mol. The van der Waals surface area contributed by atoms with Gasteiger partial charge in [0.05, 0.1) is 13.7 Å². The Bertz CT molecular complexity index is 156. The molecule has 0 heterocycles. The van der Waals surface area contributed by atoms with Gasteiger partial charge in [0.1, 0.15) is 0 Å². The van der Waals surface area contributed by atoms with E-state index in [1.807, 2.05) is 0 Å². The Kier molecular flexibility index (Phi) is 4.26. The Morgan fingerprint density at radius 1 is 1.45 bits per heavy atom. The van der Waals surface area contributed by atoms with Crippen LogP contribution in [-0.4, -0.2) is 37.5 Å². The second-order valence-corrected chi connectivity index (χ2v) is 2.22. The minimum atomic E-state index is -0.480. The molecule has 0 aliphatic heterocycles. The summed E-state index contributed by atoms with van der Waals surface area (Å²) < 4.78 is 4.39. The van der Waals surface area contributed by atoms with Crippen molar-refractivity contribution in [1.29, 1.82) is 0 Å². The first kappa shape index (κ1) is 9.94. The fourth-order valence-electron chi connectivity index (χ4n) is 0.597. The third-order valence-electron chi connectivity index (χ3n) is 1.29. The van der Waals surface area contributed by atoms with E-state index in [1.165, 1.54) is 19.1 Å². The van der Waals surface area contributed by atoms with Crippen molar-refractivity contribution in [1.82, 2.24) is 4.90 Å². The number of nitrogens with zero attached hydrogens (tertiary/aromatic N) is 1. The molecule has 0 aromatic heterocycles. The molecule has 0 aliphatic rings. The van der Waals surface area contributed by atoms with E-state index < -0.39 is 6.09 Å². The molecule has 0 saturated heterocycles. The standard InChI is InChI=1S/C7H13NO3/c1-4-6(9)5-8(2)7(10)11-3/h4-5H2,1-3H3. The average molecular weight is 159 g/mol. The molecule has 0 unspecified atom stereocenters. The molecule has 4 heteroatoms. The highest BCUT2D eigenvalue weighted by atomic mass is 16.5. The first-order valence-corrected chi connectivity index (χ1v) is 3.42. The highest BCUT2D eigenvalue weighted by Crippen LogP contribution is 1.90. The monoisotopic (exact) mass is 159 g/mol. The molecule has 11 heavy (non-hydrogen) atoms. The molecular formula is C7H13NO3. The van der Waals surface area contributed by atoms with Crippen LogP contribution in [0.5, 0.6) is 0 Å². The lowest BCUT2D eigenvalue weighted by molar-refractivity contribution is -0.119. The number of methoxy groups -OCH3 is 1. The molecule has 0 aromatic carbocycles. The van der Waals surface area contributed by atoms with Crippen LogP contribution in [0.4, 0.5) is 4.79 Å². The van der Waals surface area contributed by atoms with Crippen molar-refractivity contribution in [2.75, 3.05) is 20.7 Å². The second-order valence-electron chi connectivity index (χ2n) is 2.22. The van der Waals surface area contributed by atoms with E-state index in [2.05, 4.69) is 4.74 Å². The van der Waals surface area contributed by atoms with Gasteiger partial charge in [-0.15, -0.1) is 0 Å². The minimum absolute atomic E-state index is 0.0258. The molecule has 0 fully saturated rings. The molecule has 0 spiro atoms. The summed E-state index contributed by atoms with van der Waals surface area (Å²) in [5, 5.41) is 0. The van der Waals surface area contributed by atoms with Crippen LogP contribution in [0.25, 0.3) is 0 Å². The first-order valence-electron chi connectivity index (χ1n) is 3.42. The summed E-state index contributed by atoms with van der Waals surface area (Å²) in [6.07, 6.45) is -0.0340. The van der Waals surface area contributed by atoms with Crippen LogP contribution in [0, 0.1) is 0 Å². The van der Waals surface area contributed by atoms with Gasteiger partial charge in [-0.2, -0.15) is 0 Å². The van der Waals surface area contributed by atoms with Crippen molar-refractivity contribution in [3.05, 3.63) is 0 Å². The van der Waals surface area contributed by atoms with E-state index in [0.29, 0.717) is 6.42 Å². The molecule has 0 bridgehead atoms. The van der Waals surface area contributed by atoms with Crippen LogP contribution in [0.3, 0.4) is 0 Å². The highest BCUT2D eigenvalue weighted by Gasteiger charge is 2.10. The van der Waals surface area contributed by atoms with Gasteiger partial charge in [0.25, 0.3) is 0 Å². The summed E-state index contributed by atoms with van der Waals surface area (Å²) in [5.74, 6) is 0.0258. The molecule has 1 amide bonds. The quantitative estimate of drug-likeness (QED) is 0.607. The average Bonchev–Trinajstić information content (AvgIpc) is 2.02. The van der Waals surface area contributed by atoms with Crippen LogP contribution >= 0.6 is 0 Å². The molecule has 0 aliphatic carbocycles. The van der Waals surface area contributed by atoms with Crippen LogP contribution < -0.4 is 0 Å². The smallest absolute Gasteiger partial charge is 0.409 e. The van der Waals surface area contributed by atoms with Crippen molar-refractivity contribution in [3.63, 3.8) is 0 Å². The zero-order chi connectivity index (χ0) is 8.85. The Morgan fingerprint density at radius 2 is 2.00 bits per heavy atom. The third kappa shape index (κ3) is 3.60. The second kappa shape index (κ2) is 4.71. The largest absolute Gasteiger partial charge is 0.453 e. The number of likely N-dealkylation sites (N-methyl/N-ethyl adjacent to an activating group) is 1. The van der Waals surface area contributed by atoms with Crippen molar-refractivity contribution in [3.8, 4) is 0 Å². The van der Waals surface area contributed by atoms with Gasteiger partial charge in [0.2, 0.25) is 0 Å². The van der Waals surface area contributed by atoms with Crippen LogP contribution in [0.2, 0.25) is 0 Å². The van der Waals surface area contributed by atoms with Gasteiger partial charge in [-0.25, -0.2) is 4.79 Å². The molecule has 4 nitrogen and oxygen atoms in total. The Labute approximate surface area is 66.1 Å². The fraction of sp³-hybridized carbons (Fsp3) is 0.714. The lowest BCUT2D eigenvalue weighted by atomic mass is 10.3. The number of hydrogen-bond donors (Lipinski definition) is 0. The van der Waals surface area contributed by atoms with Gasteiger partial charge in [0.15, 0.2) is 5.78 Å². The van der Waals surface area contributed by atoms with Gasteiger partial charge in [-0.3, -0.25) is 4.79 Å². The van der Waals surface area contributed by atoms with Gasteiger partial charge >= 0.3 is 6.09 Å². The van der Waals surface area contributed by atoms with Gasteiger partial charge < -0.3 is 9.64 Å². The number of ether oxygens (including phenoxy) is 1. The minimum Gasteiger partial charge on any atom is -0.453 e. The molecule has 64 valence electrons. The SMILES string of the molecule is CCC(=O)CN(C)C(=O)OC. The third-order valence-corrected chi connectivity index (χ3v) is 1.29. The number of hydrogen-bond acceptors (Lipinski definition) is 3. The summed E-state index contributed by atoms with van der Waals surface area (Å²) in [4.78, 5) is 22.7. The molecule has 0 saturated carbocycles. The van der Waals surface area contributed by atoms with Gasteiger partial charge in [-0.1, -0.05) is 6.92 Å². The Hall–Kier alpha value is -1.06. The summed E-state index contributed by atoms with van der Waals surface area (Å²) in [7, 11) is 2.81. The van der Waals surface area contributed by atoms with E-state index in [1.54, 1.807) is 6.92 Å². The van der Waals surface area contributed by atoms with E-state index in [4.69, 9.17) is 0 Å². The van der Waals surface area contributed by atoms with E-state index >= 15 is 0 Å². The van der Waals surface area contributed by atoms with Crippen LogP contribution in [-0.2, 0) is 9.53 Å². The van der Waals surface area contributed by atoms with Crippen molar-refractivity contribution >= 4 is 11.9 Å². The summed E-state index contributed by atoms with van der Waals surface area (Å²) in [6, 6.07) is 0. The Morgan fingerprint density at radius 3 is 2.36 bits per heavy atom. The number of rotatable bonds is 3. The fourth-order valence-corrected chi connectivity index (χ4v) is 0.597. The summed E-state index contributed by atoms with van der Waals surface area (Å²) >= 11 is 0. The van der Waals surface area contributed by atoms with E-state index in [-0.39, 0.29) is 12.3 Å². The summed E-state index contributed by atoms with van der Waals surface area (Å²) in [6.45, 7) is 1.89. The predicted octanol–water partition coefficient (Wildman–Crippen LogP) is 0.664. The number of Topliss-reactive ketones (excluding diaryl/α,β-unsaturated/α-hetero) is 1. The highest BCUT2D eigenvalue weighted by molar-refractivity contribution is 5.83. The number of ketones is 1. The molecule has 0 N–H and O–H groups in total. The van der Waals surface area contributed by atoms with Crippen molar-refractivity contribution < 1.29 is 14.3 Å². The maximum atomic E-state index is 10.8. The van der Waals surface area contributed by atoms with E-state index in [0.717, 1.165) is 0 Å². The molecule has 0 radical (unpaired) electrons. The van der Waals surface area contributed by atoms with Gasteiger partial charge in [0, 0.05) is 13.5 Å². The molecule has 0 rings (SSSR count). The zero-order valence-electron chi connectivity index (χ0n) is 7.09. The lowest BCUT2D eigenvalue weighted by Gasteiger charge is -2.13. The summed E-state index contributed by atoms with van der Waals surface area (Å²) in [5.41, 5.74) is 0. The van der Waals surface area contributed by atoms with Gasteiger partial charge in [-0.05, 0) is 0 Å². The maximum absolute atomic E-state index is 10.8. The van der Waals surface area contributed by atoms with Crippen LogP contribution in [0.1, 0.15) is 13.3 Å². The maximum Gasteiger partial charge on any atom is 0.409 e. The number of amides is 1. The normalized spacial score (nSPS) is 9.00. The zero-order valence-corrected chi connectivity index (χ0v) is 7.09. The Balaban J connectivity index is 3.77. The number of carbonyl (C=O) groups is 2. The molecule has 0 aromatic rings. The molecule has 0 atom stereocenters. The first-order chi connectivity index (χ1) is 5.11. The number of carbonyl (C=O) groups excluding carboxylic acids is 2. The lowest BCUT2D eigenvalue weighted by Crippen LogP contribution is -2.31. The topological polar surface area (TPSA) is 46.6 Å².